The molecule has 5 nitrogen and oxygen atoms in total. The summed E-state index contributed by atoms with van der Waals surface area (Å²) in [7, 11) is -3.43. The summed E-state index contributed by atoms with van der Waals surface area (Å²) in [5.74, 6) is -0.329. The fourth-order valence-corrected chi connectivity index (χ4v) is 2.47. The highest BCUT2D eigenvalue weighted by molar-refractivity contribution is 7.92. The number of ether oxygens (including phenoxy) is 1. The molecule has 0 amide bonds. The van der Waals surface area contributed by atoms with Crippen LogP contribution in [0.3, 0.4) is 0 Å². The van der Waals surface area contributed by atoms with Crippen LogP contribution in [-0.4, -0.2) is 37.9 Å². The molecule has 0 aromatic heterocycles. The van der Waals surface area contributed by atoms with E-state index >= 15 is 0 Å². The molecule has 0 fully saturated rings. The van der Waals surface area contributed by atoms with Crippen molar-refractivity contribution in [2.24, 2.45) is 5.73 Å². The second-order valence-electron chi connectivity index (χ2n) is 3.74. The third-order valence-corrected chi connectivity index (χ3v) is 3.19. The summed E-state index contributed by atoms with van der Waals surface area (Å²) in [4.78, 5) is -0.0447. The predicted octanol–water partition coefficient (Wildman–Crippen LogP) is 0.00700. The van der Waals surface area contributed by atoms with Crippen molar-refractivity contribution in [2.45, 2.75) is 26.4 Å². The van der Waals surface area contributed by atoms with Gasteiger partial charge in [-0.1, -0.05) is 12.2 Å². The number of hydrogen-bond acceptors (Lipinski definition) is 4. The zero-order valence-electron chi connectivity index (χ0n) is 9.24. The van der Waals surface area contributed by atoms with Crippen LogP contribution in [0.15, 0.2) is 0 Å². The molecule has 7 heteroatoms. The largest absolute Gasteiger partial charge is 0.392 e. The third kappa shape index (κ3) is 7.66. The Morgan fingerprint density at radius 1 is 1.53 bits per heavy atom. The van der Waals surface area contributed by atoms with Crippen molar-refractivity contribution in [3.63, 3.8) is 0 Å². The molecule has 0 aliphatic heterocycles. The molecule has 0 bridgehead atoms. The summed E-state index contributed by atoms with van der Waals surface area (Å²) in [6.07, 6.45) is 0. The fraction of sp³-hybridized carbons (Fsp3) is 0.875. The minimum atomic E-state index is -3.43. The molecule has 0 atom stereocenters. The normalized spacial score (nSPS) is 12.7. The van der Waals surface area contributed by atoms with Crippen LogP contribution in [0.4, 0.5) is 0 Å². The maximum atomic E-state index is 11.4. The van der Waals surface area contributed by atoms with Crippen LogP contribution in [-0.2, 0) is 14.8 Å². The zero-order valence-corrected chi connectivity index (χ0v) is 10.9. The van der Waals surface area contributed by atoms with Gasteiger partial charge in [0, 0.05) is 13.2 Å². The second-order valence-corrected chi connectivity index (χ2v) is 6.07. The summed E-state index contributed by atoms with van der Waals surface area (Å²) in [5.41, 5.74) is 4.63. The molecule has 0 aliphatic carbocycles. The molecule has 90 valence electrons. The van der Waals surface area contributed by atoms with E-state index in [2.05, 4.69) is 16.9 Å². The van der Waals surface area contributed by atoms with Gasteiger partial charge in [0.2, 0.25) is 10.0 Å². The van der Waals surface area contributed by atoms with Crippen LogP contribution in [0.2, 0.25) is 0 Å². The van der Waals surface area contributed by atoms with Gasteiger partial charge < -0.3 is 10.5 Å². The molecule has 0 aliphatic rings. The van der Waals surface area contributed by atoms with Gasteiger partial charge >= 0.3 is 0 Å². The summed E-state index contributed by atoms with van der Waals surface area (Å²) in [6, 6.07) is 0. The van der Waals surface area contributed by atoms with E-state index in [9.17, 15) is 8.42 Å². The van der Waals surface area contributed by atoms with Gasteiger partial charge in [-0.2, -0.15) is 0 Å². The molecule has 0 heterocycles. The molecule has 0 saturated heterocycles. The van der Waals surface area contributed by atoms with Crippen LogP contribution in [0.5, 0.6) is 0 Å². The first kappa shape index (κ1) is 14.8. The lowest BCUT2D eigenvalue weighted by atomic mass is 10.1. The van der Waals surface area contributed by atoms with Gasteiger partial charge in [0.25, 0.3) is 0 Å². The van der Waals surface area contributed by atoms with E-state index in [1.54, 1.807) is 13.8 Å². The third-order valence-electron chi connectivity index (χ3n) is 1.59. The van der Waals surface area contributed by atoms with Crippen molar-refractivity contribution in [3.05, 3.63) is 0 Å². The molecule has 0 aromatic rings. The molecule has 0 rings (SSSR count). The fourth-order valence-electron chi connectivity index (χ4n) is 0.964. The lowest BCUT2D eigenvalue weighted by molar-refractivity contribution is -0.00513. The Hall–Kier alpha value is -0.240. The van der Waals surface area contributed by atoms with E-state index in [0.29, 0.717) is 6.61 Å². The molecular formula is C8H18N2O3S2. The average Bonchev–Trinajstić information content (AvgIpc) is 1.99. The quantitative estimate of drug-likeness (QED) is 0.625. The van der Waals surface area contributed by atoms with Gasteiger partial charge in [0.05, 0.1) is 10.6 Å². The van der Waals surface area contributed by atoms with Crippen molar-refractivity contribution in [3.8, 4) is 0 Å². The Morgan fingerprint density at radius 2 is 2.07 bits per heavy atom. The maximum Gasteiger partial charge on any atom is 0.218 e. The molecular weight excluding hydrogens is 236 g/mol. The first-order chi connectivity index (χ1) is 6.68. The SMILES string of the molecule is CCOC(C)(C)CNS(=O)(=O)CC(N)=S. The van der Waals surface area contributed by atoms with E-state index < -0.39 is 15.6 Å². The van der Waals surface area contributed by atoms with Crippen molar-refractivity contribution < 1.29 is 13.2 Å². The molecule has 3 N–H and O–H groups in total. The predicted molar refractivity (Wildman–Crippen MR) is 64.3 cm³/mol. The standard InChI is InChI=1S/C8H18N2O3S2/c1-4-13-8(2,3)6-10-15(11,12)5-7(9)14/h10H,4-6H2,1-3H3,(H2,9,14). The van der Waals surface area contributed by atoms with Crippen molar-refractivity contribution >= 4 is 27.2 Å². The van der Waals surface area contributed by atoms with Crippen molar-refractivity contribution in [1.82, 2.24) is 4.72 Å². The highest BCUT2D eigenvalue weighted by Gasteiger charge is 2.21. The smallest absolute Gasteiger partial charge is 0.218 e. The van der Waals surface area contributed by atoms with E-state index in [4.69, 9.17) is 10.5 Å². The first-order valence-corrected chi connectivity index (χ1v) is 6.64. The van der Waals surface area contributed by atoms with Crippen LogP contribution in [0.25, 0.3) is 0 Å². The van der Waals surface area contributed by atoms with E-state index in [1.807, 2.05) is 6.92 Å². The van der Waals surface area contributed by atoms with Crippen molar-refractivity contribution in [1.29, 1.82) is 0 Å². The molecule has 0 spiro atoms. The Balaban J connectivity index is 4.20. The summed E-state index contributed by atoms with van der Waals surface area (Å²) in [5, 5.41) is 0. The Morgan fingerprint density at radius 3 is 2.47 bits per heavy atom. The van der Waals surface area contributed by atoms with Crippen LogP contribution >= 0.6 is 12.2 Å². The summed E-state index contributed by atoms with van der Waals surface area (Å²) in [6.45, 7) is 6.20. The minimum absolute atomic E-state index is 0.0447. The minimum Gasteiger partial charge on any atom is -0.392 e. The Labute approximate surface area is 96.4 Å². The van der Waals surface area contributed by atoms with Gasteiger partial charge in [0.15, 0.2) is 0 Å². The summed E-state index contributed by atoms with van der Waals surface area (Å²) < 4.78 is 30.4. The lowest BCUT2D eigenvalue weighted by Crippen LogP contribution is -2.42. The molecule has 0 unspecified atom stereocenters. The van der Waals surface area contributed by atoms with Gasteiger partial charge in [0.1, 0.15) is 5.75 Å². The van der Waals surface area contributed by atoms with Gasteiger partial charge in [-0.3, -0.25) is 0 Å². The topological polar surface area (TPSA) is 81.4 Å². The number of rotatable bonds is 7. The lowest BCUT2D eigenvalue weighted by Gasteiger charge is -2.24. The summed E-state index contributed by atoms with van der Waals surface area (Å²) >= 11 is 4.53. The molecule has 15 heavy (non-hydrogen) atoms. The van der Waals surface area contributed by atoms with Gasteiger partial charge in [-0.05, 0) is 20.8 Å². The highest BCUT2D eigenvalue weighted by atomic mass is 32.2. The number of thiocarbonyl (C=S) groups is 1. The maximum absolute atomic E-state index is 11.4. The van der Waals surface area contributed by atoms with E-state index in [1.165, 1.54) is 0 Å². The second kappa shape index (κ2) is 5.74. The monoisotopic (exact) mass is 254 g/mol. The molecule has 0 saturated carbocycles. The van der Waals surface area contributed by atoms with Gasteiger partial charge in [-0.15, -0.1) is 0 Å². The van der Waals surface area contributed by atoms with Gasteiger partial charge in [-0.25, -0.2) is 13.1 Å². The number of nitrogens with one attached hydrogen (secondary N) is 1. The average molecular weight is 254 g/mol. The number of sulfonamides is 1. The van der Waals surface area contributed by atoms with Crippen LogP contribution in [0, 0.1) is 0 Å². The molecule has 0 radical (unpaired) electrons. The zero-order chi connectivity index (χ0) is 12.1. The van der Waals surface area contributed by atoms with E-state index in [-0.39, 0.29) is 17.3 Å². The van der Waals surface area contributed by atoms with Crippen LogP contribution < -0.4 is 10.5 Å². The van der Waals surface area contributed by atoms with Crippen LogP contribution in [0.1, 0.15) is 20.8 Å². The molecule has 0 aromatic carbocycles. The van der Waals surface area contributed by atoms with E-state index in [0.717, 1.165) is 0 Å². The highest BCUT2D eigenvalue weighted by Crippen LogP contribution is 2.07. The van der Waals surface area contributed by atoms with Crippen molar-refractivity contribution in [2.75, 3.05) is 18.9 Å². The Bertz CT molecular complexity index is 312. The number of nitrogens with two attached hydrogens (primary N) is 1. The number of hydrogen-bond donors (Lipinski definition) is 2. The Kier molecular flexibility index (Phi) is 5.65. The first-order valence-electron chi connectivity index (χ1n) is 4.58.